The van der Waals surface area contributed by atoms with Crippen LogP contribution in [-0.2, 0) is 11.3 Å². The number of carbonyl (C=O) groups excluding carboxylic acids is 1. The molecule has 1 aromatic heterocycles. The maximum absolute atomic E-state index is 11.6. The first kappa shape index (κ1) is 12.1. The van der Waals surface area contributed by atoms with Gasteiger partial charge in [0.05, 0.1) is 12.6 Å². The topological polar surface area (TPSA) is 68.0 Å². The summed E-state index contributed by atoms with van der Waals surface area (Å²) in [5.74, 6) is 0.112. The van der Waals surface area contributed by atoms with Crippen LogP contribution in [0.25, 0.3) is 0 Å². The fourth-order valence-corrected chi connectivity index (χ4v) is 1.69. The van der Waals surface area contributed by atoms with Gasteiger partial charge in [0, 0.05) is 11.6 Å². The van der Waals surface area contributed by atoms with Crippen LogP contribution in [0.2, 0.25) is 0 Å². The Morgan fingerprint density at radius 2 is 2.47 bits per heavy atom. The maximum Gasteiger partial charge on any atom is 0.237 e. The minimum absolute atomic E-state index is 0.0976. The summed E-state index contributed by atoms with van der Waals surface area (Å²) < 4.78 is 0. The molecule has 3 N–H and O–H groups in total. The second kappa shape index (κ2) is 5.82. The van der Waals surface area contributed by atoms with Crippen molar-refractivity contribution < 1.29 is 4.79 Å². The van der Waals surface area contributed by atoms with Crippen molar-refractivity contribution in [1.82, 2.24) is 10.3 Å². The van der Waals surface area contributed by atoms with Crippen LogP contribution in [-0.4, -0.2) is 16.9 Å². The highest BCUT2D eigenvalue weighted by Gasteiger charge is 2.18. The maximum atomic E-state index is 11.6. The molecule has 0 spiro atoms. The van der Waals surface area contributed by atoms with Crippen LogP contribution in [0.1, 0.15) is 25.3 Å². The van der Waals surface area contributed by atoms with E-state index in [0.717, 1.165) is 11.4 Å². The molecule has 0 aromatic carbocycles. The van der Waals surface area contributed by atoms with Crippen molar-refractivity contribution in [3.8, 4) is 0 Å². The lowest BCUT2D eigenvalue weighted by atomic mass is 9.99. The Morgan fingerprint density at radius 3 is 3.00 bits per heavy atom. The number of hydrogen-bond acceptors (Lipinski definition) is 4. The van der Waals surface area contributed by atoms with Crippen molar-refractivity contribution in [3.63, 3.8) is 0 Å². The molecule has 0 bridgehead atoms. The van der Waals surface area contributed by atoms with E-state index in [1.165, 1.54) is 11.3 Å². The minimum atomic E-state index is -0.421. The van der Waals surface area contributed by atoms with Crippen LogP contribution in [0.4, 0.5) is 0 Å². The highest BCUT2D eigenvalue weighted by Crippen LogP contribution is 2.06. The lowest BCUT2D eigenvalue weighted by Crippen LogP contribution is -2.44. The third-order valence-electron chi connectivity index (χ3n) is 2.46. The third kappa shape index (κ3) is 3.60. The van der Waals surface area contributed by atoms with E-state index in [0.29, 0.717) is 6.54 Å². The normalized spacial score (nSPS) is 14.6. The Labute approximate surface area is 93.9 Å². The molecule has 0 aliphatic heterocycles. The largest absolute Gasteiger partial charge is 0.348 e. The number of amides is 1. The van der Waals surface area contributed by atoms with E-state index in [1.54, 1.807) is 6.20 Å². The molecule has 1 heterocycles. The molecule has 0 radical (unpaired) electrons. The summed E-state index contributed by atoms with van der Waals surface area (Å²) in [5.41, 5.74) is 5.78. The molecule has 1 rings (SSSR count). The Kier molecular flexibility index (Phi) is 4.71. The second-order valence-corrected chi connectivity index (χ2v) is 4.53. The van der Waals surface area contributed by atoms with Gasteiger partial charge in [-0.2, -0.15) is 0 Å². The monoisotopic (exact) mass is 227 g/mol. The average Bonchev–Trinajstić information content (AvgIpc) is 2.76. The van der Waals surface area contributed by atoms with Crippen LogP contribution in [0, 0.1) is 5.92 Å². The van der Waals surface area contributed by atoms with Gasteiger partial charge in [-0.15, -0.1) is 11.3 Å². The first-order valence-corrected chi connectivity index (χ1v) is 5.94. The van der Waals surface area contributed by atoms with Crippen LogP contribution in [0.3, 0.4) is 0 Å². The summed E-state index contributed by atoms with van der Waals surface area (Å²) in [6, 6.07) is -0.421. The van der Waals surface area contributed by atoms with Crippen LogP contribution >= 0.6 is 11.3 Å². The van der Waals surface area contributed by atoms with Gasteiger partial charge < -0.3 is 11.1 Å². The van der Waals surface area contributed by atoms with E-state index >= 15 is 0 Å². The van der Waals surface area contributed by atoms with Gasteiger partial charge in [0.1, 0.15) is 5.01 Å². The van der Waals surface area contributed by atoms with Crippen molar-refractivity contribution in [2.75, 3.05) is 0 Å². The molecule has 1 unspecified atom stereocenters. The number of nitrogens with one attached hydrogen (secondary N) is 1. The predicted octanol–water partition coefficient (Wildman–Crippen LogP) is 1.13. The lowest BCUT2D eigenvalue weighted by molar-refractivity contribution is -0.123. The number of thiazole rings is 1. The Bertz CT molecular complexity index is 300. The fraction of sp³-hybridized carbons (Fsp3) is 0.600. The van der Waals surface area contributed by atoms with Gasteiger partial charge in [0.15, 0.2) is 0 Å². The smallest absolute Gasteiger partial charge is 0.237 e. The highest BCUT2D eigenvalue weighted by molar-refractivity contribution is 7.09. The Morgan fingerprint density at radius 1 is 1.73 bits per heavy atom. The van der Waals surface area contributed by atoms with E-state index in [4.69, 9.17) is 5.73 Å². The molecule has 2 atom stereocenters. The standard InChI is InChI=1S/C10H17N3OS/c1-3-7(2)9(11)10(14)13-6-8-12-4-5-15-8/h4-5,7,9H,3,6,11H2,1-2H3,(H,13,14)/t7?,9-/m0/s1. The van der Waals surface area contributed by atoms with E-state index < -0.39 is 6.04 Å². The lowest BCUT2D eigenvalue weighted by Gasteiger charge is -2.17. The molecular formula is C10H17N3OS. The summed E-state index contributed by atoms with van der Waals surface area (Å²) in [4.78, 5) is 15.7. The average molecular weight is 227 g/mol. The summed E-state index contributed by atoms with van der Waals surface area (Å²) in [7, 11) is 0. The molecule has 0 saturated heterocycles. The molecule has 0 saturated carbocycles. The predicted molar refractivity (Wildman–Crippen MR) is 61.4 cm³/mol. The highest BCUT2D eigenvalue weighted by atomic mass is 32.1. The number of hydrogen-bond donors (Lipinski definition) is 2. The zero-order chi connectivity index (χ0) is 11.3. The Balaban J connectivity index is 2.36. The van der Waals surface area contributed by atoms with E-state index in [9.17, 15) is 4.79 Å². The molecule has 1 aromatic rings. The van der Waals surface area contributed by atoms with Crippen molar-refractivity contribution >= 4 is 17.2 Å². The zero-order valence-electron chi connectivity index (χ0n) is 9.06. The summed E-state index contributed by atoms with van der Waals surface area (Å²) >= 11 is 1.52. The third-order valence-corrected chi connectivity index (χ3v) is 3.24. The van der Waals surface area contributed by atoms with Gasteiger partial charge in [-0.05, 0) is 5.92 Å². The molecule has 0 aliphatic rings. The van der Waals surface area contributed by atoms with E-state index in [-0.39, 0.29) is 11.8 Å². The SMILES string of the molecule is CCC(C)[C@H](N)C(=O)NCc1nccs1. The molecule has 0 fully saturated rings. The molecular weight excluding hydrogens is 210 g/mol. The molecule has 0 aliphatic carbocycles. The summed E-state index contributed by atoms with van der Waals surface area (Å²) in [5, 5.41) is 5.57. The second-order valence-electron chi connectivity index (χ2n) is 3.55. The number of nitrogens with two attached hydrogens (primary N) is 1. The number of nitrogens with zero attached hydrogens (tertiary/aromatic N) is 1. The zero-order valence-corrected chi connectivity index (χ0v) is 9.88. The van der Waals surface area contributed by atoms with Crippen molar-refractivity contribution in [2.24, 2.45) is 11.7 Å². The van der Waals surface area contributed by atoms with Crippen molar-refractivity contribution in [2.45, 2.75) is 32.9 Å². The van der Waals surface area contributed by atoms with Gasteiger partial charge in [-0.1, -0.05) is 20.3 Å². The van der Waals surface area contributed by atoms with Crippen molar-refractivity contribution in [1.29, 1.82) is 0 Å². The van der Waals surface area contributed by atoms with Crippen LogP contribution in [0.5, 0.6) is 0 Å². The Hall–Kier alpha value is -0.940. The number of rotatable bonds is 5. The molecule has 1 amide bonds. The van der Waals surface area contributed by atoms with Gasteiger partial charge in [-0.3, -0.25) is 4.79 Å². The van der Waals surface area contributed by atoms with E-state index in [1.807, 2.05) is 19.2 Å². The number of carbonyl (C=O) groups is 1. The van der Waals surface area contributed by atoms with Crippen LogP contribution in [0.15, 0.2) is 11.6 Å². The van der Waals surface area contributed by atoms with Gasteiger partial charge in [0.2, 0.25) is 5.91 Å². The van der Waals surface area contributed by atoms with Crippen molar-refractivity contribution in [3.05, 3.63) is 16.6 Å². The minimum Gasteiger partial charge on any atom is -0.348 e. The first-order chi connectivity index (χ1) is 7.15. The molecule has 84 valence electrons. The molecule has 5 heteroatoms. The fourth-order valence-electron chi connectivity index (χ4n) is 1.13. The quantitative estimate of drug-likeness (QED) is 0.792. The van der Waals surface area contributed by atoms with E-state index in [2.05, 4.69) is 10.3 Å². The summed E-state index contributed by atoms with van der Waals surface area (Å²) in [6.07, 6.45) is 2.63. The molecule has 15 heavy (non-hydrogen) atoms. The molecule has 4 nitrogen and oxygen atoms in total. The first-order valence-electron chi connectivity index (χ1n) is 5.06. The van der Waals surface area contributed by atoms with Gasteiger partial charge in [-0.25, -0.2) is 4.98 Å². The van der Waals surface area contributed by atoms with Crippen LogP contribution < -0.4 is 11.1 Å². The summed E-state index contributed by atoms with van der Waals surface area (Å²) in [6.45, 7) is 4.48. The van der Waals surface area contributed by atoms with Gasteiger partial charge >= 0.3 is 0 Å². The number of aromatic nitrogens is 1. The van der Waals surface area contributed by atoms with Gasteiger partial charge in [0.25, 0.3) is 0 Å².